The van der Waals surface area contributed by atoms with E-state index in [2.05, 4.69) is 20.9 Å². The molecule has 0 radical (unpaired) electrons. The molecule has 0 bridgehead atoms. The average Bonchev–Trinajstić information content (AvgIpc) is 3.15. The van der Waals surface area contributed by atoms with Crippen LogP contribution in [0.15, 0.2) is 54.6 Å². The first-order valence-corrected chi connectivity index (χ1v) is 8.66. The van der Waals surface area contributed by atoms with Crippen LogP contribution >= 0.6 is 0 Å². The van der Waals surface area contributed by atoms with E-state index in [-0.39, 0.29) is 19.0 Å². The molecular weight excluding hydrogens is 360 g/mol. The van der Waals surface area contributed by atoms with Crippen molar-refractivity contribution in [1.82, 2.24) is 15.6 Å². The van der Waals surface area contributed by atoms with Crippen molar-refractivity contribution in [2.75, 3.05) is 25.5 Å². The molecule has 3 amide bonds. The molecule has 0 fully saturated rings. The van der Waals surface area contributed by atoms with Crippen LogP contribution in [0.2, 0.25) is 0 Å². The summed E-state index contributed by atoms with van der Waals surface area (Å²) in [6.45, 7) is 0.298. The minimum Gasteiger partial charge on any atom is -0.495 e. The lowest BCUT2D eigenvalue weighted by atomic mass is 10.2. The number of carbonyl (C=O) groups is 3. The summed E-state index contributed by atoms with van der Waals surface area (Å²) in [5, 5.41) is 8.56. The average molecular weight is 380 g/mol. The van der Waals surface area contributed by atoms with Gasteiger partial charge >= 0.3 is 11.8 Å². The Bertz CT molecular complexity index is 979. The number of anilines is 1. The van der Waals surface area contributed by atoms with Gasteiger partial charge in [0.15, 0.2) is 0 Å². The van der Waals surface area contributed by atoms with Gasteiger partial charge in [0, 0.05) is 24.0 Å². The Hall–Kier alpha value is -3.81. The molecule has 0 spiro atoms. The molecule has 0 saturated carbocycles. The molecular formula is C20H20N4O4. The summed E-state index contributed by atoms with van der Waals surface area (Å²) in [6, 6.07) is 16.1. The quantitative estimate of drug-likeness (QED) is 0.385. The van der Waals surface area contributed by atoms with Crippen molar-refractivity contribution in [3.05, 3.63) is 60.3 Å². The lowest BCUT2D eigenvalue weighted by Crippen LogP contribution is -2.40. The largest absolute Gasteiger partial charge is 0.495 e. The lowest BCUT2D eigenvalue weighted by molar-refractivity contribution is -0.136. The molecule has 0 atom stereocenters. The molecule has 1 aromatic heterocycles. The summed E-state index contributed by atoms with van der Waals surface area (Å²) in [6.07, 6.45) is 0. The Kier molecular flexibility index (Phi) is 5.91. The molecule has 3 aromatic rings. The lowest BCUT2D eigenvalue weighted by Gasteiger charge is -2.10. The Morgan fingerprint density at radius 2 is 1.64 bits per heavy atom. The fraction of sp³-hybridized carbons (Fsp3) is 0.150. The zero-order valence-corrected chi connectivity index (χ0v) is 15.2. The van der Waals surface area contributed by atoms with Crippen LogP contribution in [-0.2, 0) is 9.59 Å². The third kappa shape index (κ3) is 4.47. The molecule has 0 aliphatic rings. The number of fused-ring (bicyclic) bond motifs is 1. The number of hydrogen-bond acceptors (Lipinski definition) is 4. The predicted molar refractivity (Wildman–Crippen MR) is 105 cm³/mol. The van der Waals surface area contributed by atoms with Gasteiger partial charge in [-0.05, 0) is 24.3 Å². The number of para-hydroxylation sites is 3. The Morgan fingerprint density at radius 3 is 2.43 bits per heavy atom. The number of aromatic amines is 1. The van der Waals surface area contributed by atoms with E-state index in [4.69, 9.17) is 4.74 Å². The van der Waals surface area contributed by atoms with Gasteiger partial charge in [0.25, 0.3) is 5.91 Å². The number of H-pyrrole nitrogens is 1. The van der Waals surface area contributed by atoms with Gasteiger partial charge in [0.05, 0.1) is 12.8 Å². The van der Waals surface area contributed by atoms with Crippen LogP contribution in [0.3, 0.4) is 0 Å². The number of rotatable bonds is 6. The Labute approximate surface area is 161 Å². The van der Waals surface area contributed by atoms with Gasteiger partial charge in [-0.3, -0.25) is 14.4 Å². The molecule has 28 heavy (non-hydrogen) atoms. The van der Waals surface area contributed by atoms with Crippen molar-refractivity contribution in [2.45, 2.75) is 0 Å². The number of methoxy groups -OCH3 is 1. The topological polar surface area (TPSA) is 112 Å². The van der Waals surface area contributed by atoms with Gasteiger partial charge in [0.2, 0.25) is 0 Å². The first kappa shape index (κ1) is 19.0. The summed E-state index contributed by atoms with van der Waals surface area (Å²) in [5.74, 6) is -1.45. The molecule has 144 valence electrons. The van der Waals surface area contributed by atoms with Crippen LogP contribution in [0.4, 0.5) is 5.69 Å². The molecule has 1 heterocycles. The van der Waals surface area contributed by atoms with E-state index in [1.807, 2.05) is 24.3 Å². The first-order valence-electron chi connectivity index (χ1n) is 8.66. The number of amides is 3. The van der Waals surface area contributed by atoms with Crippen LogP contribution in [0.25, 0.3) is 10.9 Å². The van der Waals surface area contributed by atoms with Crippen LogP contribution in [0, 0.1) is 0 Å². The molecule has 4 N–H and O–H groups in total. The normalized spacial score (nSPS) is 10.3. The van der Waals surface area contributed by atoms with E-state index in [9.17, 15) is 14.4 Å². The second kappa shape index (κ2) is 8.72. The van der Waals surface area contributed by atoms with Crippen molar-refractivity contribution in [3.63, 3.8) is 0 Å². The van der Waals surface area contributed by atoms with Gasteiger partial charge in [0.1, 0.15) is 11.4 Å². The summed E-state index contributed by atoms with van der Waals surface area (Å²) in [5.41, 5.74) is 1.70. The summed E-state index contributed by atoms with van der Waals surface area (Å²) in [7, 11) is 1.47. The van der Waals surface area contributed by atoms with E-state index in [1.54, 1.807) is 30.3 Å². The monoisotopic (exact) mass is 380 g/mol. The minimum atomic E-state index is -0.813. The van der Waals surface area contributed by atoms with Crippen LogP contribution in [-0.4, -0.2) is 42.9 Å². The van der Waals surface area contributed by atoms with Gasteiger partial charge in [-0.2, -0.15) is 0 Å². The van der Waals surface area contributed by atoms with Crippen molar-refractivity contribution < 1.29 is 19.1 Å². The van der Waals surface area contributed by atoms with E-state index in [0.29, 0.717) is 17.1 Å². The Balaban J connectivity index is 1.44. The molecule has 8 heteroatoms. The third-order valence-electron chi connectivity index (χ3n) is 4.03. The van der Waals surface area contributed by atoms with E-state index in [1.165, 1.54) is 7.11 Å². The summed E-state index contributed by atoms with van der Waals surface area (Å²) in [4.78, 5) is 39.0. The molecule has 2 aromatic carbocycles. The maximum Gasteiger partial charge on any atom is 0.313 e. The maximum absolute atomic E-state index is 12.2. The molecule has 0 saturated heterocycles. The fourth-order valence-corrected chi connectivity index (χ4v) is 2.65. The van der Waals surface area contributed by atoms with Crippen LogP contribution in [0.5, 0.6) is 5.75 Å². The zero-order valence-electron chi connectivity index (χ0n) is 15.2. The number of aromatic nitrogens is 1. The predicted octanol–water partition coefficient (Wildman–Crippen LogP) is 1.66. The SMILES string of the molecule is COc1ccccc1NC(=O)C(=O)NCCNC(=O)c1cc2ccccc2[nH]1. The highest BCUT2D eigenvalue weighted by Crippen LogP contribution is 2.22. The van der Waals surface area contributed by atoms with Crippen molar-refractivity contribution in [3.8, 4) is 5.75 Å². The number of hydrogen-bond donors (Lipinski definition) is 4. The summed E-state index contributed by atoms with van der Waals surface area (Å²) >= 11 is 0. The number of ether oxygens (including phenoxy) is 1. The van der Waals surface area contributed by atoms with E-state index >= 15 is 0 Å². The van der Waals surface area contributed by atoms with E-state index < -0.39 is 11.8 Å². The smallest absolute Gasteiger partial charge is 0.313 e. The standard InChI is InChI=1S/C20H20N4O4/c1-28-17-9-5-4-8-15(17)24-20(27)19(26)22-11-10-21-18(25)16-12-13-6-2-3-7-14(13)23-16/h2-9,12,23H,10-11H2,1H3,(H,21,25)(H,22,26)(H,24,27). The molecule has 8 nitrogen and oxygen atoms in total. The van der Waals surface area contributed by atoms with Crippen molar-refractivity contribution in [1.29, 1.82) is 0 Å². The first-order chi connectivity index (χ1) is 13.6. The minimum absolute atomic E-state index is 0.115. The van der Waals surface area contributed by atoms with Crippen LogP contribution < -0.4 is 20.7 Å². The zero-order chi connectivity index (χ0) is 19.9. The number of carbonyl (C=O) groups excluding carboxylic acids is 3. The second-order valence-corrected chi connectivity index (χ2v) is 5.94. The van der Waals surface area contributed by atoms with Gasteiger partial charge in [-0.25, -0.2) is 0 Å². The highest BCUT2D eigenvalue weighted by Gasteiger charge is 2.15. The van der Waals surface area contributed by atoms with E-state index in [0.717, 1.165) is 10.9 Å². The molecule has 0 aliphatic carbocycles. The highest BCUT2D eigenvalue weighted by molar-refractivity contribution is 6.39. The van der Waals surface area contributed by atoms with Crippen LogP contribution in [0.1, 0.15) is 10.5 Å². The fourth-order valence-electron chi connectivity index (χ4n) is 2.65. The van der Waals surface area contributed by atoms with Gasteiger partial charge in [-0.15, -0.1) is 0 Å². The second-order valence-electron chi connectivity index (χ2n) is 5.94. The molecule has 3 rings (SSSR count). The number of benzene rings is 2. The molecule has 0 unspecified atom stereocenters. The third-order valence-corrected chi connectivity index (χ3v) is 4.03. The van der Waals surface area contributed by atoms with Crippen molar-refractivity contribution in [2.24, 2.45) is 0 Å². The highest BCUT2D eigenvalue weighted by atomic mass is 16.5. The van der Waals surface area contributed by atoms with Gasteiger partial charge in [-0.1, -0.05) is 30.3 Å². The van der Waals surface area contributed by atoms with Crippen molar-refractivity contribution >= 4 is 34.3 Å². The Morgan fingerprint density at radius 1 is 0.929 bits per heavy atom. The number of nitrogens with one attached hydrogen (secondary N) is 4. The van der Waals surface area contributed by atoms with Gasteiger partial charge < -0.3 is 25.7 Å². The maximum atomic E-state index is 12.2. The summed E-state index contributed by atoms with van der Waals surface area (Å²) < 4.78 is 5.12. The molecule has 0 aliphatic heterocycles.